The monoisotopic (exact) mass is 283 g/mol. The third kappa shape index (κ3) is 3.70. The molecular weight excluding hydrogens is 269 g/mol. The van der Waals surface area contributed by atoms with Crippen molar-refractivity contribution in [1.29, 1.82) is 0 Å². The summed E-state index contributed by atoms with van der Waals surface area (Å²) in [6.45, 7) is 1.93. The molecule has 1 aromatic carbocycles. The number of hydrogen-bond acceptors (Lipinski definition) is 5. The Morgan fingerprint density at radius 2 is 2.37 bits per heavy atom. The SMILES string of the molecule is COC(=O)C[C@H](C)SCc1nc2cc(F)ccc2o1. The topological polar surface area (TPSA) is 52.3 Å². The Bertz CT molecular complexity index is 584. The summed E-state index contributed by atoms with van der Waals surface area (Å²) in [4.78, 5) is 15.3. The normalized spacial score (nSPS) is 12.6. The number of oxazole rings is 1. The summed E-state index contributed by atoms with van der Waals surface area (Å²) in [5.74, 6) is 0.495. The number of hydrogen-bond donors (Lipinski definition) is 0. The second-order valence-electron chi connectivity index (χ2n) is 4.12. The van der Waals surface area contributed by atoms with Crippen LogP contribution >= 0.6 is 11.8 Å². The summed E-state index contributed by atoms with van der Waals surface area (Å²) < 4.78 is 23.1. The first-order chi connectivity index (χ1) is 9.08. The number of nitrogens with zero attached hydrogens (tertiary/aromatic N) is 1. The molecule has 2 aromatic rings. The number of ether oxygens (including phenoxy) is 1. The summed E-state index contributed by atoms with van der Waals surface area (Å²) in [5, 5.41) is 0.110. The average molecular weight is 283 g/mol. The highest BCUT2D eigenvalue weighted by atomic mass is 32.2. The largest absolute Gasteiger partial charge is 0.469 e. The van der Waals surface area contributed by atoms with Gasteiger partial charge < -0.3 is 9.15 Å². The van der Waals surface area contributed by atoms with Crippen LogP contribution < -0.4 is 0 Å². The van der Waals surface area contributed by atoms with Gasteiger partial charge in [-0.1, -0.05) is 6.92 Å². The molecule has 0 amide bonds. The minimum Gasteiger partial charge on any atom is -0.469 e. The van der Waals surface area contributed by atoms with Crippen LogP contribution in [0.3, 0.4) is 0 Å². The number of benzene rings is 1. The van der Waals surface area contributed by atoms with Crippen LogP contribution in [-0.2, 0) is 15.3 Å². The Labute approximate surface area is 114 Å². The molecule has 0 saturated carbocycles. The van der Waals surface area contributed by atoms with Crippen LogP contribution in [0.15, 0.2) is 22.6 Å². The lowest BCUT2D eigenvalue weighted by atomic mass is 10.3. The molecule has 0 spiro atoms. The summed E-state index contributed by atoms with van der Waals surface area (Å²) in [6.07, 6.45) is 0.343. The van der Waals surface area contributed by atoms with Crippen LogP contribution in [-0.4, -0.2) is 23.3 Å². The summed E-state index contributed by atoms with van der Waals surface area (Å²) in [6, 6.07) is 4.24. The van der Waals surface area contributed by atoms with E-state index in [1.165, 1.54) is 19.2 Å². The van der Waals surface area contributed by atoms with Gasteiger partial charge in [0, 0.05) is 11.3 Å². The molecule has 1 heterocycles. The molecule has 0 fully saturated rings. The van der Waals surface area contributed by atoms with Gasteiger partial charge in [0.05, 0.1) is 19.3 Å². The highest BCUT2D eigenvalue weighted by Gasteiger charge is 2.12. The molecule has 0 aliphatic rings. The summed E-state index contributed by atoms with van der Waals surface area (Å²) >= 11 is 1.54. The molecule has 6 heteroatoms. The zero-order valence-electron chi connectivity index (χ0n) is 10.7. The summed E-state index contributed by atoms with van der Waals surface area (Å²) in [7, 11) is 1.37. The first-order valence-corrected chi connectivity index (χ1v) is 6.86. The van der Waals surface area contributed by atoms with Crippen LogP contribution in [0, 0.1) is 5.82 Å². The minimum absolute atomic E-state index is 0.110. The maximum atomic E-state index is 13.0. The van der Waals surface area contributed by atoms with E-state index < -0.39 is 0 Å². The van der Waals surface area contributed by atoms with E-state index in [9.17, 15) is 9.18 Å². The van der Waals surface area contributed by atoms with Crippen molar-refractivity contribution in [3.8, 4) is 0 Å². The van der Waals surface area contributed by atoms with Gasteiger partial charge in [-0.05, 0) is 12.1 Å². The average Bonchev–Trinajstić information content (AvgIpc) is 2.78. The first-order valence-electron chi connectivity index (χ1n) is 5.82. The molecule has 1 atom stereocenters. The quantitative estimate of drug-likeness (QED) is 0.789. The number of methoxy groups -OCH3 is 1. The smallest absolute Gasteiger partial charge is 0.306 e. The number of esters is 1. The van der Waals surface area contributed by atoms with Gasteiger partial charge in [-0.25, -0.2) is 9.37 Å². The molecule has 2 rings (SSSR count). The number of fused-ring (bicyclic) bond motifs is 1. The molecule has 0 saturated heterocycles. The van der Waals surface area contributed by atoms with Gasteiger partial charge in [0.25, 0.3) is 0 Å². The van der Waals surface area contributed by atoms with Crippen LogP contribution in [0.5, 0.6) is 0 Å². The van der Waals surface area contributed by atoms with E-state index in [-0.39, 0.29) is 17.0 Å². The van der Waals surface area contributed by atoms with Crippen molar-refractivity contribution < 1.29 is 18.3 Å². The molecule has 19 heavy (non-hydrogen) atoms. The molecule has 4 nitrogen and oxygen atoms in total. The number of halogens is 1. The lowest BCUT2D eigenvalue weighted by Gasteiger charge is -2.07. The lowest BCUT2D eigenvalue weighted by Crippen LogP contribution is -2.08. The Morgan fingerprint density at radius 3 is 3.11 bits per heavy atom. The summed E-state index contributed by atoms with van der Waals surface area (Å²) in [5.41, 5.74) is 1.08. The second-order valence-corrected chi connectivity index (χ2v) is 5.55. The lowest BCUT2D eigenvalue weighted by molar-refractivity contribution is -0.140. The standard InChI is InChI=1S/C13H14FNO3S/c1-8(5-13(16)17-2)19-7-12-15-10-6-9(14)3-4-11(10)18-12/h3-4,6,8H,5,7H2,1-2H3/t8-/m0/s1. The van der Waals surface area contributed by atoms with E-state index in [0.717, 1.165) is 0 Å². The van der Waals surface area contributed by atoms with E-state index in [4.69, 9.17) is 4.42 Å². The van der Waals surface area contributed by atoms with Gasteiger partial charge in [0.1, 0.15) is 11.3 Å². The van der Waals surface area contributed by atoms with Gasteiger partial charge in [-0.2, -0.15) is 0 Å². The highest BCUT2D eigenvalue weighted by molar-refractivity contribution is 7.99. The third-order valence-electron chi connectivity index (χ3n) is 2.57. The van der Waals surface area contributed by atoms with Gasteiger partial charge in [0.15, 0.2) is 5.58 Å². The van der Waals surface area contributed by atoms with E-state index >= 15 is 0 Å². The van der Waals surface area contributed by atoms with E-state index in [0.29, 0.717) is 29.2 Å². The maximum absolute atomic E-state index is 13.0. The Morgan fingerprint density at radius 1 is 1.58 bits per heavy atom. The predicted molar refractivity (Wildman–Crippen MR) is 71.4 cm³/mol. The first kappa shape index (κ1) is 13.9. The molecule has 0 aliphatic carbocycles. The number of carbonyl (C=O) groups is 1. The van der Waals surface area contributed by atoms with Gasteiger partial charge in [0.2, 0.25) is 5.89 Å². The number of aromatic nitrogens is 1. The molecule has 0 bridgehead atoms. The van der Waals surface area contributed by atoms with Crippen molar-refractivity contribution in [2.75, 3.05) is 7.11 Å². The third-order valence-corrected chi connectivity index (χ3v) is 3.72. The molecular formula is C13H14FNO3S. The molecule has 1 aromatic heterocycles. The van der Waals surface area contributed by atoms with E-state index in [1.807, 2.05) is 6.92 Å². The van der Waals surface area contributed by atoms with Crippen LogP contribution in [0.2, 0.25) is 0 Å². The number of carbonyl (C=O) groups excluding carboxylic acids is 1. The molecule has 102 valence electrons. The fourth-order valence-electron chi connectivity index (χ4n) is 1.60. The van der Waals surface area contributed by atoms with Crippen molar-refractivity contribution in [3.63, 3.8) is 0 Å². The predicted octanol–water partition coefficient (Wildman–Crippen LogP) is 3.15. The number of thioether (sulfide) groups is 1. The molecule has 0 N–H and O–H groups in total. The Balaban J connectivity index is 1.96. The van der Waals surface area contributed by atoms with Gasteiger partial charge in [-0.3, -0.25) is 4.79 Å². The van der Waals surface area contributed by atoms with Crippen molar-refractivity contribution in [2.24, 2.45) is 0 Å². The van der Waals surface area contributed by atoms with Crippen molar-refractivity contribution in [1.82, 2.24) is 4.98 Å². The van der Waals surface area contributed by atoms with Crippen LogP contribution in [0.25, 0.3) is 11.1 Å². The van der Waals surface area contributed by atoms with Crippen LogP contribution in [0.4, 0.5) is 4.39 Å². The fourth-order valence-corrected chi connectivity index (χ4v) is 2.41. The molecule has 0 aliphatic heterocycles. The Kier molecular flexibility index (Phi) is 4.42. The van der Waals surface area contributed by atoms with Crippen molar-refractivity contribution >= 4 is 28.8 Å². The minimum atomic E-state index is -0.334. The highest BCUT2D eigenvalue weighted by Crippen LogP contribution is 2.23. The Hall–Kier alpha value is -1.56. The molecule has 0 radical (unpaired) electrons. The molecule has 0 unspecified atom stereocenters. The van der Waals surface area contributed by atoms with Crippen LogP contribution in [0.1, 0.15) is 19.2 Å². The maximum Gasteiger partial charge on any atom is 0.306 e. The van der Waals surface area contributed by atoms with E-state index in [2.05, 4.69) is 9.72 Å². The van der Waals surface area contributed by atoms with Crippen molar-refractivity contribution in [2.45, 2.75) is 24.3 Å². The van der Waals surface area contributed by atoms with Crippen molar-refractivity contribution in [3.05, 3.63) is 29.9 Å². The van der Waals surface area contributed by atoms with E-state index in [1.54, 1.807) is 17.8 Å². The zero-order chi connectivity index (χ0) is 13.8. The number of rotatable bonds is 5. The van der Waals surface area contributed by atoms with Gasteiger partial charge in [-0.15, -0.1) is 11.8 Å². The second kappa shape index (κ2) is 6.06. The van der Waals surface area contributed by atoms with Gasteiger partial charge >= 0.3 is 5.97 Å². The zero-order valence-corrected chi connectivity index (χ0v) is 11.5. The fraction of sp³-hybridized carbons (Fsp3) is 0.385.